The van der Waals surface area contributed by atoms with Crippen LogP contribution in [0.2, 0.25) is 0 Å². The topological polar surface area (TPSA) is 64.8 Å². The van der Waals surface area contributed by atoms with E-state index in [4.69, 9.17) is 10.7 Å². The van der Waals surface area contributed by atoms with E-state index in [1.807, 2.05) is 0 Å². The summed E-state index contributed by atoms with van der Waals surface area (Å²) < 4.78 is 23.1. The number of hydrogen-bond acceptors (Lipinski definition) is 4. The van der Waals surface area contributed by atoms with Crippen molar-refractivity contribution in [2.45, 2.75) is 25.1 Å². The van der Waals surface area contributed by atoms with Crippen LogP contribution in [0.1, 0.15) is 18.5 Å². The van der Waals surface area contributed by atoms with Gasteiger partial charge in [0.25, 0.3) is 0 Å². The normalized spacial score (nSPS) is 17.2. The minimum Gasteiger partial charge on any atom is -0.252 e. The molecule has 14 heavy (non-hydrogen) atoms. The fourth-order valence-electron chi connectivity index (χ4n) is 1.24. The van der Waals surface area contributed by atoms with Gasteiger partial charge in [-0.15, -0.1) is 5.10 Å². The lowest BCUT2D eigenvalue weighted by molar-refractivity contribution is 0.544. The Labute approximate surface area is 86.5 Å². The van der Waals surface area contributed by atoms with Gasteiger partial charge in [-0.1, -0.05) is 5.21 Å². The van der Waals surface area contributed by atoms with Gasteiger partial charge in [-0.2, -0.15) is 0 Å². The molecule has 0 spiro atoms. The molecule has 1 aliphatic rings. The largest absolute Gasteiger partial charge is 0.252 e. The van der Waals surface area contributed by atoms with Crippen LogP contribution in [0.15, 0.2) is 6.20 Å². The molecule has 0 bridgehead atoms. The third-order valence-electron chi connectivity index (χ3n) is 2.05. The average Bonchev–Trinajstić information content (AvgIpc) is 2.71. The highest BCUT2D eigenvalue weighted by molar-refractivity contribution is 8.13. The van der Waals surface area contributed by atoms with Gasteiger partial charge in [0.2, 0.25) is 9.05 Å². The van der Waals surface area contributed by atoms with Crippen molar-refractivity contribution in [3.05, 3.63) is 11.9 Å². The van der Waals surface area contributed by atoms with Crippen LogP contribution in [0.4, 0.5) is 0 Å². The van der Waals surface area contributed by atoms with E-state index >= 15 is 0 Å². The smallest absolute Gasteiger partial charge is 0.238 e. The molecule has 0 radical (unpaired) electrons. The summed E-state index contributed by atoms with van der Waals surface area (Å²) >= 11 is 0. The van der Waals surface area contributed by atoms with E-state index in [1.165, 1.54) is 12.8 Å². The predicted octanol–water partition coefficient (Wildman–Crippen LogP) is 0.757. The molecular formula is C7H10ClN3O2S. The monoisotopic (exact) mass is 235 g/mol. The van der Waals surface area contributed by atoms with Crippen LogP contribution in [0.3, 0.4) is 0 Å². The first-order valence-electron chi connectivity index (χ1n) is 4.34. The zero-order valence-electron chi connectivity index (χ0n) is 7.43. The molecule has 0 aromatic carbocycles. The summed E-state index contributed by atoms with van der Waals surface area (Å²) in [6.07, 6.45) is 4.09. The minimum absolute atomic E-state index is 0.251. The van der Waals surface area contributed by atoms with E-state index < -0.39 is 9.05 Å². The van der Waals surface area contributed by atoms with E-state index in [1.54, 1.807) is 10.9 Å². The van der Waals surface area contributed by atoms with Gasteiger partial charge in [0.15, 0.2) is 0 Å². The van der Waals surface area contributed by atoms with Gasteiger partial charge in [0, 0.05) is 23.4 Å². The molecule has 1 aromatic rings. The maximum atomic E-state index is 10.7. The summed E-state index contributed by atoms with van der Waals surface area (Å²) in [6, 6.07) is 0. The van der Waals surface area contributed by atoms with Crippen LogP contribution >= 0.6 is 10.7 Å². The van der Waals surface area contributed by atoms with Gasteiger partial charge in [-0.3, -0.25) is 4.68 Å². The average molecular weight is 236 g/mol. The van der Waals surface area contributed by atoms with E-state index in [9.17, 15) is 8.42 Å². The Balaban J connectivity index is 2.01. The molecule has 1 aliphatic carbocycles. The van der Waals surface area contributed by atoms with Crippen molar-refractivity contribution in [1.82, 2.24) is 15.0 Å². The lowest BCUT2D eigenvalue weighted by Crippen LogP contribution is -1.99. The molecule has 2 rings (SSSR count). The predicted molar refractivity (Wildman–Crippen MR) is 51.2 cm³/mol. The minimum atomic E-state index is -3.52. The summed E-state index contributed by atoms with van der Waals surface area (Å²) in [5, 5.41) is 7.56. The SMILES string of the molecule is O=S(=O)(Cl)Cc1cn(CC2CC2)nn1. The highest BCUT2D eigenvalue weighted by Gasteiger charge is 2.22. The second-order valence-corrected chi connectivity index (χ2v) is 6.34. The fraction of sp³-hybridized carbons (Fsp3) is 0.714. The van der Waals surface area contributed by atoms with Gasteiger partial charge >= 0.3 is 0 Å². The summed E-state index contributed by atoms with van der Waals surface area (Å²) in [4.78, 5) is 0. The molecule has 0 atom stereocenters. The Morgan fingerprint density at radius 2 is 2.29 bits per heavy atom. The van der Waals surface area contributed by atoms with Crippen molar-refractivity contribution >= 4 is 19.7 Å². The number of halogens is 1. The lowest BCUT2D eigenvalue weighted by Gasteiger charge is -1.94. The molecule has 7 heteroatoms. The Morgan fingerprint density at radius 3 is 2.86 bits per heavy atom. The van der Waals surface area contributed by atoms with Gasteiger partial charge in [-0.05, 0) is 18.8 Å². The lowest BCUT2D eigenvalue weighted by atomic mass is 10.4. The first-order chi connectivity index (χ1) is 6.53. The molecule has 1 saturated carbocycles. The van der Waals surface area contributed by atoms with Crippen molar-refractivity contribution in [3.63, 3.8) is 0 Å². The third-order valence-corrected chi connectivity index (χ3v) is 3.02. The molecule has 5 nitrogen and oxygen atoms in total. The van der Waals surface area contributed by atoms with Crippen LogP contribution < -0.4 is 0 Å². The summed E-state index contributed by atoms with van der Waals surface area (Å²) in [7, 11) is 1.57. The van der Waals surface area contributed by atoms with Crippen LogP contribution in [0, 0.1) is 5.92 Å². The maximum absolute atomic E-state index is 10.7. The Morgan fingerprint density at radius 1 is 1.57 bits per heavy atom. The van der Waals surface area contributed by atoms with Crippen LogP contribution in [-0.4, -0.2) is 23.4 Å². The first kappa shape index (κ1) is 9.92. The zero-order valence-corrected chi connectivity index (χ0v) is 9.00. The molecule has 78 valence electrons. The molecule has 0 saturated heterocycles. The Hall–Kier alpha value is -0.620. The molecule has 0 N–H and O–H groups in total. The van der Waals surface area contributed by atoms with Crippen molar-refractivity contribution in [3.8, 4) is 0 Å². The number of nitrogens with zero attached hydrogens (tertiary/aromatic N) is 3. The summed E-state index contributed by atoms with van der Waals surface area (Å²) in [5.74, 6) is 0.441. The number of hydrogen-bond donors (Lipinski definition) is 0. The van der Waals surface area contributed by atoms with E-state index in [2.05, 4.69) is 10.3 Å². The molecule has 1 heterocycles. The van der Waals surface area contributed by atoms with Crippen molar-refractivity contribution < 1.29 is 8.42 Å². The third kappa shape index (κ3) is 2.95. The standard InChI is InChI=1S/C7H10ClN3O2S/c8-14(12,13)5-7-4-11(10-9-7)3-6-1-2-6/h4,6H,1-3,5H2. The van der Waals surface area contributed by atoms with Crippen LogP contribution in [0.25, 0.3) is 0 Å². The van der Waals surface area contributed by atoms with Gasteiger partial charge in [-0.25, -0.2) is 8.42 Å². The van der Waals surface area contributed by atoms with Gasteiger partial charge in [0.1, 0.15) is 5.75 Å². The van der Waals surface area contributed by atoms with Crippen molar-refractivity contribution in [1.29, 1.82) is 0 Å². The van der Waals surface area contributed by atoms with Crippen LogP contribution in [-0.2, 0) is 21.3 Å². The Bertz CT molecular complexity index is 424. The van der Waals surface area contributed by atoms with Crippen LogP contribution in [0.5, 0.6) is 0 Å². The highest BCUT2D eigenvalue weighted by atomic mass is 35.7. The van der Waals surface area contributed by atoms with Crippen molar-refractivity contribution in [2.75, 3.05) is 0 Å². The molecule has 1 aromatic heterocycles. The van der Waals surface area contributed by atoms with Crippen molar-refractivity contribution in [2.24, 2.45) is 5.92 Å². The summed E-state index contributed by atoms with van der Waals surface area (Å²) in [6.45, 7) is 0.829. The molecule has 0 unspecified atom stereocenters. The number of aromatic nitrogens is 3. The highest BCUT2D eigenvalue weighted by Crippen LogP contribution is 2.30. The van der Waals surface area contributed by atoms with E-state index in [0.717, 1.165) is 6.54 Å². The second-order valence-electron chi connectivity index (χ2n) is 3.56. The molecular weight excluding hydrogens is 226 g/mol. The van der Waals surface area contributed by atoms with Gasteiger partial charge in [0.05, 0.1) is 5.69 Å². The maximum Gasteiger partial charge on any atom is 0.238 e. The fourth-order valence-corrected chi connectivity index (χ4v) is 2.06. The van der Waals surface area contributed by atoms with Gasteiger partial charge < -0.3 is 0 Å². The molecule has 0 aliphatic heterocycles. The molecule has 1 fully saturated rings. The Kier molecular flexibility index (Phi) is 2.48. The van der Waals surface area contributed by atoms with E-state index in [-0.39, 0.29) is 5.75 Å². The molecule has 0 amide bonds. The number of rotatable bonds is 4. The first-order valence-corrected chi connectivity index (χ1v) is 6.82. The second kappa shape index (κ2) is 3.51. The van der Waals surface area contributed by atoms with E-state index in [0.29, 0.717) is 11.6 Å². The summed E-state index contributed by atoms with van der Waals surface area (Å²) in [5.41, 5.74) is 0.403. The zero-order chi connectivity index (χ0) is 10.2. The quantitative estimate of drug-likeness (QED) is 0.723.